The van der Waals surface area contributed by atoms with Gasteiger partial charge in [0, 0.05) is 37.3 Å². The van der Waals surface area contributed by atoms with Gasteiger partial charge in [0.25, 0.3) is 5.91 Å². The van der Waals surface area contributed by atoms with Crippen LogP contribution in [0.5, 0.6) is 0 Å². The maximum Gasteiger partial charge on any atom is 0.417 e. The number of alkyl halides is 3. The van der Waals surface area contributed by atoms with Crippen molar-refractivity contribution in [3.63, 3.8) is 0 Å². The molecule has 2 aromatic rings. The van der Waals surface area contributed by atoms with Crippen LogP contribution in [0.15, 0.2) is 28.7 Å². The minimum absolute atomic E-state index is 0.201. The van der Waals surface area contributed by atoms with Gasteiger partial charge in [0.2, 0.25) is 5.91 Å². The number of amides is 2. The smallest absolute Gasteiger partial charge is 0.417 e. The van der Waals surface area contributed by atoms with Crippen LogP contribution < -0.4 is 10.6 Å². The van der Waals surface area contributed by atoms with E-state index in [4.69, 9.17) is 15.4 Å². The van der Waals surface area contributed by atoms with Crippen molar-refractivity contribution in [1.29, 1.82) is 5.26 Å². The molecule has 2 saturated heterocycles. The summed E-state index contributed by atoms with van der Waals surface area (Å²) in [6.07, 6.45) is -3.64. The Balaban J connectivity index is 1.54. The molecule has 2 fully saturated rings. The molecule has 1 aromatic carbocycles. The lowest BCUT2D eigenvalue weighted by atomic mass is 9.70. The number of nitrogens with two attached hydrogens (primary N) is 1. The third-order valence-corrected chi connectivity index (χ3v) is 7.10. The number of aryl methyl sites for hydroxylation is 2. The van der Waals surface area contributed by atoms with Crippen LogP contribution in [0.4, 0.5) is 18.9 Å². The Bertz CT molecular complexity index is 1170. The first-order chi connectivity index (χ1) is 15.9. The number of rotatable bonds is 3. The van der Waals surface area contributed by atoms with Gasteiger partial charge in [-0.15, -0.1) is 0 Å². The third kappa shape index (κ3) is 4.11. The summed E-state index contributed by atoms with van der Waals surface area (Å²) in [5.41, 5.74) is 4.61. The molecular weight excluding hydrogens is 449 g/mol. The zero-order chi connectivity index (χ0) is 24.8. The van der Waals surface area contributed by atoms with Crippen LogP contribution in [0.2, 0.25) is 0 Å². The van der Waals surface area contributed by atoms with Crippen molar-refractivity contribution in [3.05, 3.63) is 52.5 Å². The molecule has 2 aliphatic heterocycles. The van der Waals surface area contributed by atoms with Crippen LogP contribution in [0.1, 0.15) is 45.8 Å². The number of likely N-dealkylation sites (tertiary alicyclic amines) is 1. The summed E-state index contributed by atoms with van der Waals surface area (Å²) < 4.78 is 45.6. The fourth-order valence-electron chi connectivity index (χ4n) is 5.31. The van der Waals surface area contributed by atoms with Crippen LogP contribution in [-0.2, 0) is 11.0 Å². The molecule has 1 unspecified atom stereocenters. The summed E-state index contributed by atoms with van der Waals surface area (Å²) in [5.74, 6) is -0.118. The van der Waals surface area contributed by atoms with Crippen LogP contribution in [0.25, 0.3) is 0 Å². The summed E-state index contributed by atoms with van der Waals surface area (Å²) in [4.78, 5) is 28.9. The average Bonchev–Trinajstić information content (AvgIpc) is 3.32. The van der Waals surface area contributed by atoms with Gasteiger partial charge in [-0.25, -0.2) is 0 Å². The van der Waals surface area contributed by atoms with E-state index < -0.39 is 34.5 Å². The normalized spacial score (nSPS) is 19.9. The van der Waals surface area contributed by atoms with E-state index in [1.807, 2.05) is 4.90 Å². The van der Waals surface area contributed by atoms with Crippen molar-refractivity contribution in [2.45, 2.75) is 32.9 Å². The lowest BCUT2D eigenvalue weighted by Gasteiger charge is -2.42. The van der Waals surface area contributed by atoms with Crippen LogP contribution in [0, 0.1) is 36.5 Å². The molecule has 1 atom stereocenters. The predicted octanol–water partition coefficient (Wildman–Crippen LogP) is 3.63. The number of primary amides is 1. The first kappa shape index (κ1) is 23.7. The summed E-state index contributed by atoms with van der Waals surface area (Å²) in [6, 6.07) is 6.95. The van der Waals surface area contributed by atoms with E-state index >= 15 is 0 Å². The van der Waals surface area contributed by atoms with Gasteiger partial charge in [0.05, 0.1) is 28.7 Å². The molecular formula is C24H25F3N4O3. The number of carbonyl (C=O) groups excluding carboxylic acids is 2. The molecule has 180 valence electrons. The van der Waals surface area contributed by atoms with Crippen molar-refractivity contribution in [3.8, 4) is 6.07 Å². The van der Waals surface area contributed by atoms with E-state index in [0.29, 0.717) is 55.2 Å². The van der Waals surface area contributed by atoms with Crippen molar-refractivity contribution >= 4 is 17.5 Å². The molecule has 0 saturated carbocycles. The fourth-order valence-corrected chi connectivity index (χ4v) is 5.31. The van der Waals surface area contributed by atoms with E-state index in [-0.39, 0.29) is 12.5 Å². The second-order valence-corrected chi connectivity index (χ2v) is 9.16. The van der Waals surface area contributed by atoms with E-state index in [2.05, 4.69) is 0 Å². The van der Waals surface area contributed by atoms with Crippen molar-refractivity contribution < 1.29 is 27.2 Å². The average molecular weight is 474 g/mol. The largest absolute Gasteiger partial charge is 0.466 e. The Morgan fingerprint density at radius 2 is 1.88 bits per heavy atom. The number of hydrogen-bond donors (Lipinski definition) is 1. The van der Waals surface area contributed by atoms with Gasteiger partial charge in [0.15, 0.2) is 0 Å². The number of halogens is 3. The van der Waals surface area contributed by atoms with Gasteiger partial charge in [-0.3, -0.25) is 9.59 Å². The van der Waals surface area contributed by atoms with Crippen molar-refractivity contribution in [2.24, 2.45) is 17.1 Å². The number of benzene rings is 1. The third-order valence-electron chi connectivity index (χ3n) is 7.10. The van der Waals surface area contributed by atoms with Crippen molar-refractivity contribution in [2.75, 3.05) is 31.1 Å². The number of nitriles is 1. The second kappa shape index (κ2) is 8.38. The first-order valence-electron chi connectivity index (χ1n) is 11.0. The van der Waals surface area contributed by atoms with Crippen LogP contribution >= 0.6 is 0 Å². The molecule has 10 heteroatoms. The quantitative estimate of drug-likeness (QED) is 0.732. The highest BCUT2D eigenvalue weighted by Crippen LogP contribution is 2.46. The number of carbonyl (C=O) groups is 2. The van der Waals surface area contributed by atoms with E-state index in [1.165, 1.54) is 12.1 Å². The summed E-state index contributed by atoms with van der Waals surface area (Å²) >= 11 is 0. The van der Waals surface area contributed by atoms with E-state index in [0.717, 1.165) is 6.07 Å². The van der Waals surface area contributed by atoms with Gasteiger partial charge in [-0.05, 0) is 51.0 Å². The molecule has 4 rings (SSSR count). The SMILES string of the molecule is Cc1cc(C(=O)N2CC(C(N)=O)C3(CCN(c4ccc(C#N)c(C(F)(F)F)c4)CC3)C2)c(C)o1. The van der Waals surface area contributed by atoms with Gasteiger partial charge < -0.3 is 20.0 Å². The van der Waals surface area contributed by atoms with Gasteiger partial charge in [-0.1, -0.05) is 0 Å². The molecule has 7 nitrogen and oxygen atoms in total. The highest BCUT2D eigenvalue weighted by Gasteiger charge is 2.52. The first-order valence-corrected chi connectivity index (χ1v) is 11.0. The number of piperidine rings is 1. The standard InChI is InChI=1S/C24H25F3N4O3/c1-14-9-18(15(2)34-14)22(33)31-12-20(21(29)32)23(13-31)5-7-30(8-6-23)17-4-3-16(11-28)19(10-17)24(25,26)27/h3-4,9-10,20H,5-8,12-13H2,1-2H3,(H2,29,32). The zero-order valence-electron chi connectivity index (χ0n) is 18.9. The monoisotopic (exact) mass is 474 g/mol. The molecule has 0 aliphatic carbocycles. The fraction of sp³-hybridized carbons (Fsp3) is 0.458. The highest BCUT2D eigenvalue weighted by atomic mass is 19.4. The van der Waals surface area contributed by atoms with Gasteiger partial charge in [-0.2, -0.15) is 18.4 Å². The molecule has 2 N–H and O–H groups in total. The summed E-state index contributed by atoms with van der Waals surface area (Å²) in [6.45, 7) is 4.82. The van der Waals surface area contributed by atoms with Crippen LogP contribution in [0.3, 0.4) is 0 Å². The number of furan rings is 1. The lowest BCUT2D eigenvalue weighted by Crippen LogP contribution is -2.47. The minimum Gasteiger partial charge on any atom is -0.466 e. The minimum atomic E-state index is -4.63. The molecule has 2 aliphatic rings. The molecule has 0 radical (unpaired) electrons. The molecule has 1 spiro atoms. The predicted molar refractivity (Wildman–Crippen MR) is 117 cm³/mol. The second-order valence-electron chi connectivity index (χ2n) is 9.16. The lowest BCUT2D eigenvalue weighted by molar-refractivity contribution is -0.137. The molecule has 2 amide bonds. The van der Waals surface area contributed by atoms with Crippen molar-refractivity contribution in [1.82, 2.24) is 4.90 Å². The summed E-state index contributed by atoms with van der Waals surface area (Å²) in [7, 11) is 0. The molecule has 34 heavy (non-hydrogen) atoms. The van der Waals surface area contributed by atoms with E-state index in [1.54, 1.807) is 30.9 Å². The number of hydrogen-bond acceptors (Lipinski definition) is 5. The van der Waals surface area contributed by atoms with Gasteiger partial charge >= 0.3 is 6.18 Å². The molecule has 3 heterocycles. The summed E-state index contributed by atoms with van der Waals surface area (Å²) in [5, 5.41) is 9.03. The van der Waals surface area contributed by atoms with E-state index in [9.17, 15) is 22.8 Å². The maximum atomic E-state index is 13.4. The molecule has 0 bridgehead atoms. The highest BCUT2D eigenvalue weighted by molar-refractivity contribution is 5.96. The number of nitrogens with zero attached hydrogens (tertiary/aromatic N) is 3. The zero-order valence-corrected chi connectivity index (χ0v) is 18.9. The maximum absolute atomic E-state index is 13.4. The topological polar surface area (TPSA) is 104 Å². The van der Waals surface area contributed by atoms with Crippen LogP contribution in [-0.4, -0.2) is 42.9 Å². The number of anilines is 1. The Hall–Kier alpha value is -3.48. The van der Waals surface area contributed by atoms with Gasteiger partial charge in [0.1, 0.15) is 11.5 Å². The Morgan fingerprint density at radius 3 is 2.41 bits per heavy atom. The Labute approximate surface area is 194 Å². The Kier molecular flexibility index (Phi) is 5.84. The Morgan fingerprint density at radius 1 is 1.21 bits per heavy atom. The molecule has 1 aromatic heterocycles.